The third kappa shape index (κ3) is 7.09. The van der Waals surface area contributed by atoms with Crippen LogP contribution in [0.15, 0.2) is 29.3 Å². The maximum absolute atomic E-state index is 13.8. The Kier molecular flexibility index (Phi) is 8.95. The number of nitrogens with one attached hydrogen (secondary N) is 1. The van der Waals surface area contributed by atoms with Gasteiger partial charge in [-0.2, -0.15) is 22.0 Å². The number of alkyl halides is 5. The SMILES string of the molecule is CCn1cc(S(=O)(=O)N2C[C@H](C[C@H](C)C(=O)O)Oc3ccc(NC(=O)OC(C)(C)C(F)(F)F)cc32)c(OC(F)F)n1. The summed E-state index contributed by atoms with van der Waals surface area (Å²) < 4.78 is 109. The van der Waals surface area contributed by atoms with E-state index in [-0.39, 0.29) is 30.1 Å². The lowest BCUT2D eigenvalue weighted by molar-refractivity contribution is -0.242. The summed E-state index contributed by atoms with van der Waals surface area (Å²) >= 11 is 0. The third-order valence-corrected chi connectivity index (χ3v) is 7.76. The van der Waals surface area contributed by atoms with Gasteiger partial charge in [-0.05, 0) is 45.4 Å². The van der Waals surface area contributed by atoms with Gasteiger partial charge in [-0.1, -0.05) is 6.92 Å². The number of benzene rings is 1. The molecule has 1 aromatic heterocycles. The zero-order valence-corrected chi connectivity index (χ0v) is 22.9. The van der Waals surface area contributed by atoms with Gasteiger partial charge in [0.1, 0.15) is 11.9 Å². The number of hydrogen-bond donors (Lipinski definition) is 2. The number of carboxylic acid groups (broad SMARTS) is 1. The van der Waals surface area contributed by atoms with Crippen molar-refractivity contribution in [3.8, 4) is 11.6 Å². The molecule has 2 N–H and O–H groups in total. The van der Waals surface area contributed by atoms with Crippen molar-refractivity contribution >= 4 is 33.5 Å². The largest absolute Gasteiger partial charge is 0.486 e. The van der Waals surface area contributed by atoms with Gasteiger partial charge in [0.25, 0.3) is 15.9 Å². The minimum atomic E-state index is -4.89. The monoisotopic (exact) mass is 614 g/mol. The molecule has 0 saturated carbocycles. The van der Waals surface area contributed by atoms with E-state index in [4.69, 9.17) is 4.74 Å². The molecule has 18 heteroatoms. The molecule has 41 heavy (non-hydrogen) atoms. The Hall–Kier alpha value is -3.83. The number of amides is 1. The van der Waals surface area contributed by atoms with Crippen molar-refractivity contribution in [1.29, 1.82) is 0 Å². The van der Waals surface area contributed by atoms with Gasteiger partial charge in [0, 0.05) is 18.4 Å². The van der Waals surface area contributed by atoms with E-state index in [1.165, 1.54) is 19.1 Å². The Balaban J connectivity index is 2.05. The Morgan fingerprint density at radius 1 is 1.27 bits per heavy atom. The number of carbonyl (C=O) groups is 2. The number of carbonyl (C=O) groups excluding carboxylic acids is 1. The molecule has 228 valence electrons. The molecule has 2 atom stereocenters. The number of sulfonamides is 1. The number of fused-ring (bicyclic) bond motifs is 1. The second-order valence-electron chi connectivity index (χ2n) is 9.49. The first kappa shape index (κ1) is 31.7. The first-order valence-corrected chi connectivity index (χ1v) is 13.4. The summed E-state index contributed by atoms with van der Waals surface area (Å²) in [5.74, 6) is -3.13. The second-order valence-corrected chi connectivity index (χ2v) is 11.3. The first-order chi connectivity index (χ1) is 18.9. The van der Waals surface area contributed by atoms with Gasteiger partial charge in [0.2, 0.25) is 5.60 Å². The van der Waals surface area contributed by atoms with Crippen LogP contribution in [0.1, 0.15) is 34.1 Å². The van der Waals surface area contributed by atoms with E-state index in [0.717, 1.165) is 21.3 Å². The van der Waals surface area contributed by atoms with E-state index in [1.807, 2.05) is 0 Å². The molecule has 0 fully saturated rings. The average Bonchev–Trinajstić information content (AvgIpc) is 3.25. The minimum absolute atomic E-state index is 0.0953. The molecule has 2 aromatic rings. The summed E-state index contributed by atoms with van der Waals surface area (Å²) in [5.41, 5.74) is -3.27. The van der Waals surface area contributed by atoms with Crippen LogP contribution < -0.4 is 19.1 Å². The molecule has 1 aliphatic rings. The molecule has 12 nitrogen and oxygen atoms in total. The molecule has 1 aliphatic heterocycles. The number of aliphatic carboxylic acids is 1. The van der Waals surface area contributed by atoms with Gasteiger partial charge in [-0.15, -0.1) is 5.10 Å². The Labute approximate surface area is 231 Å². The summed E-state index contributed by atoms with van der Waals surface area (Å²) in [6.45, 7) is 0.407. The van der Waals surface area contributed by atoms with Gasteiger partial charge < -0.3 is 19.3 Å². The molecule has 0 bridgehead atoms. The van der Waals surface area contributed by atoms with Crippen molar-refractivity contribution in [2.24, 2.45) is 5.92 Å². The smallest absolute Gasteiger partial charge is 0.427 e. The Morgan fingerprint density at radius 3 is 2.49 bits per heavy atom. The maximum Gasteiger partial charge on any atom is 0.427 e. The molecule has 2 heterocycles. The van der Waals surface area contributed by atoms with Crippen molar-refractivity contribution in [3.63, 3.8) is 0 Å². The molecule has 1 aromatic carbocycles. The molecule has 0 spiro atoms. The van der Waals surface area contributed by atoms with Crippen LogP contribution in [0, 0.1) is 5.92 Å². The van der Waals surface area contributed by atoms with Gasteiger partial charge in [-0.3, -0.25) is 19.1 Å². The van der Waals surface area contributed by atoms with E-state index in [1.54, 1.807) is 6.92 Å². The number of anilines is 2. The van der Waals surface area contributed by atoms with Crippen LogP contribution in [0.3, 0.4) is 0 Å². The summed E-state index contributed by atoms with van der Waals surface area (Å²) in [6, 6.07) is 3.45. The second kappa shape index (κ2) is 11.6. The predicted molar refractivity (Wildman–Crippen MR) is 132 cm³/mol. The van der Waals surface area contributed by atoms with Crippen LogP contribution in [0.5, 0.6) is 11.6 Å². The molecule has 1 amide bonds. The van der Waals surface area contributed by atoms with E-state index in [0.29, 0.717) is 13.8 Å². The number of aryl methyl sites for hydroxylation is 1. The van der Waals surface area contributed by atoms with Crippen molar-refractivity contribution in [2.75, 3.05) is 16.2 Å². The van der Waals surface area contributed by atoms with E-state index < -0.39 is 69.8 Å². The molecule has 0 radical (unpaired) electrons. The van der Waals surface area contributed by atoms with Crippen LogP contribution >= 0.6 is 0 Å². The normalized spacial score (nSPS) is 16.5. The fourth-order valence-electron chi connectivity index (χ4n) is 3.68. The zero-order valence-electron chi connectivity index (χ0n) is 22.1. The average molecular weight is 615 g/mol. The highest BCUT2D eigenvalue weighted by molar-refractivity contribution is 7.93. The van der Waals surface area contributed by atoms with E-state index >= 15 is 0 Å². The van der Waals surface area contributed by atoms with Gasteiger partial charge in [-0.25, -0.2) is 13.2 Å². The third-order valence-electron chi connectivity index (χ3n) is 5.99. The quantitative estimate of drug-likeness (QED) is 0.370. The maximum atomic E-state index is 13.8. The molecule has 0 saturated heterocycles. The fourth-order valence-corrected chi connectivity index (χ4v) is 5.24. The standard InChI is InChI=1S/C23H27F5N4O8S/c1-5-31-11-17(18(30-31)39-20(24)25)41(36,37)32-10-14(8-12(2)19(33)34)38-16-7-6-13(9-15(16)32)29-21(35)40-22(3,4)23(26,27)28/h6-7,9,11-12,14,20H,5,8,10H2,1-4H3,(H,29,35)(H,33,34)/t12-,14-/m0/s1. The highest BCUT2D eigenvalue weighted by Gasteiger charge is 2.51. The van der Waals surface area contributed by atoms with Crippen LogP contribution in [0.2, 0.25) is 0 Å². The summed E-state index contributed by atoms with van der Waals surface area (Å²) in [5, 5.41) is 15.1. The van der Waals surface area contributed by atoms with Crippen LogP contribution in [0.25, 0.3) is 0 Å². The zero-order chi connectivity index (χ0) is 30.9. The summed E-state index contributed by atoms with van der Waals surface area (Å²) in [6.07, 6.45) is -6.57. The van der Waals surface area contributed by atoms with Gasteiger partial charge >= 0.3 is 24.9 Å². The minimum Gasteiger partial charge on any atom is -0.486 e. The Morgan fingerprint density at radius 2 is 1.93 bits per heavy atom. The number of ether oxygens (including phenoxy) is 3. The van der Waals surface area contributed by atoms with Gasteiger partial charge in [0.05, 0.1) is 18.2 Å². The lowest BCUT2D eigenvalue weighted by Crippen LogP contribution is -2.45. The van der Waals surface area contributed by atoms with Gasteiger partial charge in [0.15, 0.2) is 4.90 Å². The number of aromatic nitrogens is 2. The topological polar surface area (TPSA) is 149 Å². The molecular weight excluding hydrogens is 587 g/mol. The number of carboxylic acids is 1. The van der Waals surface area contributed by atoms with E-state index in [9.17, 15) is 45.1 Å². The Bertz CT molecular complexity index is 1400. The number of nitrogens with zero attached hydrogens (tertiary/aromatic N) is 3. The number of hydrogen-bond acceptors (Lipinski definition) is 8. The van der Waals surface area contributed by atoms with Crippen molar-refractivity contribution in [1.82, 2.24) is 9.78 Å². The van der Waals surface area contributed by atoms with Crippen LogP contribution in [-0.4, -0.2) is 66.4 Å². The molecular formula is C23H27F5N4O8S. The van der Waals surface area contributed by atoms with Crippen molar-refractivity contribution in [3.05, 3.63) is 24.4 Å². The lowest BCUT2D eigenvalue weighted by atomic mass is 10.0. The highest BCUT2D eigenvalue weighted by Crippen LogP contribution is 2.41. The number of halogens is 5. The van der Waals surface area contributed by atoms with E-state index in [2.05, 4.69) is 19.9 Å². The molecule has 0 unspecified atom stereocenters. The molecule has 0 aliphatic carbocycles. The first-order valence-electron chi connectivity index (χ1n) is 12.0. The van der Waals surface area contributed by atoms with Crippen molar-refractivity contribution in [2.45, 2.75) is 70.0 Å². The fraction of sp³-hybridized carbons (Fsp3) is 0.522. The van der Waals surface area contributed by atoms with Crippen molar-refractivity contribution < 1.29 is 59.3 Å². The lowest BCUT2D eigenvalue weighted by Gasteiger charge is -2.36. The highest BCUT2D eigenvalue weighted by atomic mass is 32.2. The predicted octanol–water partition coefficient (Wildman–Crippen LogP) is 4.46. The van der Waals surface area contributed by atoms with Crippen LogP contribution in [-0.2, 0) is 26.1 Å². The number of rotatable bonds is 10. The van der Waals surface area contributed by atoms with Crippen LogP contribution in [0.4, 0.5) is 38.1 Å². The molecule has 3 rings (SSSR count). The summed E-state index contributed by atoms with van der Waals surface area (Å²) in [7, 11) is -4.75. The summed E-state index contributed by atoms with van der Waals surface area (Å²) in [4.78, 5) is 22.9.